The van der Waals surface area contributed by atoms with Crippen molar-refractivity contribution in [2.45, 2.75) is 6.42 Å². The average Bonchev–Trinajstić information content (AvgIpc) is 3.01. The van der Waals surface area contributed by atoms with E-state index in [1.165, 1.54) is 12.3 Å². The van der Waals surface area contributed by atoms with E-state index in [0.29, 0.717) is 21.7 Å². The maximum Gasteiger partial charge on any atom is 0.317 e. The van der Waals surface area contributed by atoms with Crippen LogP contribution < -0.4 is 4.74 Å². The van der Waals surface area contributed by atoms with Gasteiger partial charge in [0.2, 0.25) is 0 Å². The molecular weight excluding hydrogens is 321 g/mol. The summed E-state index contributed by atoms with van der Waals surface area (Å²) in [5, 5.41) is 0.585. The Morgan fingerprint density at radius 3 is 2.65 bits per heavy atom. The Labute approximate surface area is 136 Å². The molecule has 3 rings (SSSR count). The van der Waals surface area contributed by atoms with Gasteiger partial charge in [0.25, 0.3) is 5.88 Å². The van der Waals surface area contributed by atoms with Gasteiger partial charge in [-0.2, -0.15) is 4.98 Å². The molecule has 0 aliphatic rings. The van der Waals surface area contributed by atoms with Gasteiger partial charge in [-0.3, -0.25) is 4.79 Å². The third kappa shape index (κ3) is 3.76. The molecule has 0 atom stereocenters. The monoisotopic (exact) mass is 331 g/mol. The van der Waals surface area contributed by atoms with Gasteiger partial charge in [0, 0.05) is 10.6 Å². The zero-order valence-corrected chi connectivity index (χ0v) is 12.6. The van der Waals surface area contributed by atoms with Gasteiger partial charge in [0.05, 0.1) is 6.42 Å². The van der Waals surface area contributed by atoms with Gasteiger partial charge in [-0.1, -0.05) is 35.9 Å². The largest absolute Gasteiger partial charge is 0.448 e. The molecule has 0 aliphatic heterocycles. The van der Waals surface area contributed by atoms with Crippen molar-refractivity contribution in [1.82, 2.24) is 4.98 Å². The molecule has 0 fully saturated rings. The van der Waals surface area contributed by atoms with Gasteiger partial charge >= 0.3 is 5.97 Å². The standard InChI is InChI=1S/C17H11ClFNO3/c18-13-4-2-12(3-5-13)14-6-1-11(7-15(14)19)8-17(21)23-16-9-22-10-20-16/h1-7,9-10H,8H2. The molecule has 3 aromatic rings. The number of benzene rings is 2. The zero-order chi connectivity index (χ0) is 16.2. The van der Waals surface area contributed by atoms with Gasteiger partial charge in [-0.15, -0.1) is 0 Å². The van der Waals surface area contributed by atoms with Gasteiger partial charge in [-0.05, 0) is 29.3 Å². The number of hydrogen-bond acceptors (Lipinski definition) is 4. The lowest BCUT2D eigenvalue weighted by Crippen LogP contribution is -2.11. The molecule has 0 spiro atoms. The highest BCUT2D eigenvalue weighted by Crippen LogP contribution is 2.25. The normalized spacial score (nSPS) is 10.5. The summed E-state index contributed by atoms with van der Waals surface area (Å²) in [6.45, 7) is 0. The van der Waals surface area contributed by atoms with Crippen molar-refractivity contribution in [1.29, 1.82) is 0 Å². The first-order chi connectivity index (χ1) is 11.1. The van der Waals surface area contributed by atoms with Crippen molar-refractivity contribution in [2.24, 2.45) is 0 Å². The molecule has 0 aliphatic carbocycles. The number of rotatable bonds is 4. The SMILES string of the molecule is O=C(Cc1ccc(-c2ccc(Cl)cc2)c(F)c1)Oc1cocn1. The van der Waals surface area contributed by atoms with E-state index in [1.807, 2.05) is 0 Å². The van der Waals surface area contributed by atoms with Crippen LogP contribution in [0.1, 0.15) is 5.56 Å². The lowest BCUT2D eigenvalue weighted by molar-refractivity contribution is -0.133. The predicted octanol–water partition coefficient (Wildman–Crippen LogP) is 4.28. The highest BCUT2D eigenvalue weighted by Gasteiger charge is 2.11. The molecule has 23 heavy (non-hydrogen) atoms. The van der Waals surface area contributed by atoms with E-state index < -0.39 is 11.8 Å². The van der Waals surface area contributed by atoms with Crippen LogP contribution in [0.3, 0.4) is 0 Å². The van der Waals surface area contributed by atoms with Gasteiger partial charge in [-0.25, -0.2) is 4.39 Å². The molecule has 1 heterocycles. The van der Waals surface area contributed by atoms with Crippen LogP contribution in [0.4, 0.5) is 4.39 Å². The number of hydrogen-bond donors (Lipinski definition) is 0. The van der Waals surface area contributed by atoms with Crippen LogP contribution in [0.25, 0.3) is 11.1 Å². The Kier molecular flexibility index (Phi) is 4.39. The molecule has 1 aromatic heterocycles. The van der Waals surface area contributed by atoms with Crippen molar-refractivity contribution in [3.63, 3.8) is 0 Å². The second kappa shape index (κ2) is 6.62. The molecule has 0 unspecified atom stereocenters. The number of aromatic nitrogens is 1. The fourth-order valence-corrected chi connectivity index (χ4v) is 2.23. The second-order valence-corrected chi connectivity index (χ2v) is 5.24. The molecule has 116 valence electrons. The first-order valence-electron chi connectivity index (χ1n) is 6.75. The summed E-state index contributed by atoms with van der Waals surface area (Å²) in [6, 6.07) is 11.5. The summed E-state index contributed by atoms with van der Waals surface area (Å²) in [4.78, 5) is 15.4. The minimum Gasteiger partial charge on any atom is -0.448 e. The molecule has 0 radical (unpaired) electrons. The zero-order valence-electron chi connectivity index (χ0n) is 11.8. The number of carbonyl (C=O) groups is 1. The molecule has 6 heteroatoms. The summed E-state index contributed by atoms with van der Waals surface area (Å²) >= 11 is 5.82. The van der Waals surface area contributed by atoms with Crippen LogP contribution in [0.15, 0.2) is 59.5 Å². The molecular formula is C17H11ClFNO3. The van der Waals surface area contributed by atoms with Crippen molar-refractivity contribution < 1.29 is 18.3 Å². The van der Waals surface area contributed by atoms with Crippen LogP contribution in [-0.2, 0) is 11.2 Å². The van der Waals surface area contributed by atoms with Crippen LogP contribution >= 0.6 is 11.6 Å². The number of halogens is 2. The van der Waals surface area contributed by atoms with Gasteiger partial charge < -0.3 is 9.15 Å². The van der Waals surface area contributed by atoms with Crippen molar-refractivity contribution in [3.05, 3.63) is 71.5 Å². The predicted molar refractivity (Wildman–Crippen MR) is 82.7 cm³/mol. The van der Waals surface area contributed by atoms with Crippen molar-refractivity contribution >= 4 is 17.6 Å². The summed E-state index contributed by atoms with van der Waals surface area (Å²) in [6.07, 6.45) is 2.30. The molecule has 4 nitrogen and oxygen atoms in total. The minimum absolute atomic E-state index is 0.0648. The van der Waals surface area contributed by atoms with Gasteiger partial charge in [0.1, 0.15) is 5.82 Å². The fourth-order valence-electron chi connectivity index (χ4n) is 2.10. The Bertz CT molecular complexity index is 816. The molecule has 0 bridgehead atoms. The molecule has 0 saturated heterocycles. The van der Waals surface area contributed by atoms with Crippen LogP contribution in [0.2, 0.25) is 5.02 Å². The third-order valence-corrected chi connectivity index (χ3v) is 3.42. The topological polar surface area (TPSA) is 52.3 Å². The fraction of sp³-hybridized carbons (Fsp3) is 0.0588. The van der Waals surface area contributed by atoms with E-state index >= 15 is 0 Å². The molecule has 0 saturated carbocycles. The highest BCUT2D eigenvalue weighted by atomic mass is 35.5. The van der Waals surface area contributed by atoms with Gasteiger partial charge in [0.15, 0.2) is 12.7 Å². The number of esters is 1. The van der Waals surface area contributed by atoms with E-state index in [0.717, 1.165) is 6.39 Å². The average molecular weight is 332 g/mol. The smallest absolute Gasteiger partial charge is 0.317 e. The van der Waals surface area contributed by atoms with E-state index in [1.54, 1.807) is 36.4 Å². The maximum atomic E-state index is 14.3. The minimum atomic E-state index is -0.544. The van der Waals surface area contributed by atoms with Crippen molar-refractivity contribution in [2.75, 3.05) is 0 Å². The van der Waals surface area contributed by atoms with Crippen molar-refractivity contribution in [3.8, 4) is 17.0 Å². The second-order valence-electron chi connectivity index (χ2n) is 4.80. The Morgan fingerprint density at radius 1 is 1.22 bits per heavy atom. The number of oxazole rings is 1. The van der Waals surface area contributed by atoms with Crippen LogP contribution in [0.5, 0.6) is 5.88 Å². The Morgan fingerprint density at radius 2 is 2.00 bits per heavy atom. The Balaban J connectivity index is 1.74. The van der Waals surface area contributed by atoms with E-state index in [9.17, 15) is 9.18 Å². The summed E-state index contributed by atoms with van der Waals surface area (Å²) in [5.41, 5.74) is 1.66. The summed E-state index contributed by atoms with van der Waals surface area (Å²) in [7, 11) is 0. The number of carbonyl (C=O) groups excluding carboxylic acids is 1. The molecule has 0 N–H and O–H groups in total. The number of ether oxygens (including phenoxy) is 1. The molecule has 0 amide bonds. The van der Waals surface area contributed by atoms with Crippen LogP contribution in [0, 0.1) is 5.82 Å². The highest BCUT2D eigenvalue weighted by molar-refractivity contribution is 6.30. The van der Waals surface area contributed by atoms with E-state index in [-0.39, 0.29) is 12.3 Å². The first kappa shape index (κ1) is 15.2. The van der Waals surface area contributed by atoms with E-state index in [2.05, 4.69) is 4.98 Å². The number of nitrogens with zero attached hydrogens (tertiary/aromatic N) is 1. The maximum absolute atomic E-state index is 14.3. The lowest BCUT2D eigenvalue weighted by atomic mass is 10.0. The first-order valence-corrected chi connectivity index (χ1v) is 7.13. The van der Waals surface area contributed by atoms with E-state index in [4.69, 9.17) is 20.8 Å². The summed E-state index contributed by atoms with van der Waals surface area (Å²) < 4.78 is 23.9. The van der Waals surface area contributed by atoms with Crippen LogP contribution in [-0.4, -0.2) is 11.0 Å². The quantitative estimate of drug-likeness (QED) is 0.669. The molecule has 2 aromatic carbocycles. The Hall–Kier alpha value is -2.66. The lowest BCUT2D eigenvalue weighted by Gasteiger charge is -2.06. The summed E-state index contributed by atoms with van der Waals surface area (Å²) in [5.74, 6) is -0.884. The third-order valence-electron chi connectivity index (χ3n) is 3.17.